The van der Waals surface area contributed by atoms with Gasteiger partial charge in [0.1, 0.15) is 0 Å². The molecule has 0 aliphatic heterocycles. The second kappa shape index (κ2) is 6.76. The van der Waals surface area contributed by atoms with Gasteiger partial charge in [-0.15, -0.1) is 0 Å². The summed E-state index contributed by atoms with van der Waals surface area (Å²) in [7, 11) is 0. The van der Waals surface area contributed by atoms with Crippen LogP contribution in [0.1, 0.15) is 66.2 Å². The van der Waals surface area contributed by atoms with E-state index in [2.05, 4.69) is 33.0 Å². The summed E-state index contributed by atoms with van der Waals surface area (Å²) in [4.78, 5) is 0. The van der Waals surface area contributed by atoms with Gasteiger partial charge in [-0.3, -0.25) is 0 Å². The third-order valence-corrected chi connectivity index (χ3v) is 4.96. The zero-order valence-corrected chi connectivity index (χ0v) is 13.8. The highest BCUT2D eigenvalue weighted by Crippen LogP contribution is 2.53. The predicted molar refractivity (Wildman–Crippen MR) is 83.0 cm³/mol. The van der Waals surface area contributed by atoms with Crippen LogP contribution in [0.4, 0.5) is 0 Å². The Balaban J connectivity index is 1.79. The fourth-order valence-electron chi connectivity index (χ4n) is 3.93. The first kappa shape index (κ1) is 16.3. The lowest BCUT2D eigenvalue weighted by atomic mass is 9.55. The molecule has 1 spiro atoms. The van der Waals surface area contributed by atoms with Crippen LogP contribution in [-0.2, 0) is 9.47 Å². The average Bonchev–Trinajstić information content (AvgIpc) is 2.41. The normalized spacial score (nSPS) is 29.4. The Hall–Kier alpha value is -0.120. The summed E-state index contributed by atoms with van der Waals surface area (Å²) in [5.74, 6) is 0. The molecule has 2 fully saturated rings. The van der Waals surface area contributed by atoms with Crippen LogP contribution in [0.5, 0.6) is 0 Å². The summed E-state index contributed by atoms with van der Waals surface area (Å²) in [5.41, 5.74) is 0.369. The van der Waals surface area contributed by atoms with Gasteiger partial charge >= 0.3 is 0 Å². The highest BCUT2D eigenvalue weighted by molar-refractivity contribution is 5.08. The minimum absolute atomic E-state index is 0.0577. The summed E-state index contributed by atoms with van der Waals surface area (Å²) in [6.45, 7) is 11.0. The molecule has 2 aliphatic rings. The molecule has 2 saturated carbocycles. The summed E-state index contributed by atoms with van der Waals surface area (Å²) in [5, 5.41) is 3.68. The molecule has 0 heterocycles. The molecular formula is C17H33NO2. The molecule has 0 radical (unpaired) electrons. The van der Waals surface area contributed by atoms with Gasteiger partial charge in [0.25, 0.3) is 0 Å². The van der Waals surface area contributed by atoms with Crippen molar-refractivity contribution in [1.29, 1.82) is 0 Å². The van der Waals surface area contributed by atoms with Gasteiger partial charge in [-0.1, -0.05) is 26.2 Å². The monoisotopic (exact) mass is 283 g/mol. The molecule has 3 nitrogen and oxygen atoms in total. The molecule has 0 aromatic carbocycles. The van der Waals surface area contributed by atoms with Crippen LogP contribution in [0.15, 0.2) is 0 Å². The molecule has 2 unspecified atom stereocenters. The van der Waals surface area contributed by atoms with Gasteiger partial charge < -0.3 is 14.8 Å². The van der Waals surface area contributed by atoms with Gasteiger partial charge in [0.15, 0.2) is 0 Å². The second-order valence-corrected chi connectivity index (χ2v) is 7.46. The van der Waals surface area contributed by atoms with Gasteiger partial charge in [-0.2, -0.15) is 0 Å². The van der Waals surface area contributed by atoms with Crippen molar-refractivity contribution in [3.8, 4) is 0 Å². The average molecular weight is 283 g/mol. The molecule has 2 atom stereocenters. The first-order valence-corrected chi connectivity index (χ1v) is 8.47. The van der Waals surface area contributed by atoms with Crippen molar-refractivity contribution >= 4 is 0 Å². The van der Waals surface area contributed by atoms with E-state index < -0.39 is 0 Å². The van der Waals surface area contributed by atoms with Gasteiger partial charge in [0, 0.05) is 11.5 Å². The van der Waals surface area contributed by atoms with Crippen LogP contribution in [0.3, 0.4) is 0 Å². The maximum atomic E-state index is 6.18. The van der Waals surface area contributed by atoms with E-state index in [-0.39, 0.29) is 5.60 Å². The Morgan fingerprint density at radius 3 is 2.40 bits per heavy atom. The highest BCUT2D eigenvalue weighted by atomic mass is 16.5. The first-order valence-electron chi connectivity index (χ1n) is 8.47. The molecule has 20 heavy (non-hydrogen) atoms. The topological polar surface area (TPSA) is 30.5 Å². The summed E-state index contributed by atoms with van der Waals surface area (Å²) >= 11 is 0. The van der Waals surface area contributed by atoms with Gasteiger partial charge in [0.2, 0.25) is 0 Å². The zero-order valence-electron chi connectivity index (χ0n) is 13.8. The number of hydrogen-bond acceptors (Lipinski definition) is 3. The van der Waals surface area contributed by atoms with Crippen molar-refractivity contribution in [3.63, 3.8) is 0 Å². The number of rotatable bonds is 6. The minimum atomic E-state index is -0.0577. The van der Waals surface area contributed by atoms with Crippen LogP contribution in [-0.4, -0.2) is 37.5 Å². The van der Waals surface area contributed by atoms with Crippen LogP contribution in [0.2, 0.25) is 0 Å². The SMILES string of the molecule is CCNC1CC(OCCOC(C)(C)C)C12CCCCC2. The third kappa shape index (κ3) is 3.75. The van der Waals surface area contributed by atoms with Crippen molar-refractivity contribution in [2.75, 3.05) is 19.8 Å². The maximum absolute atomic E-state index is 6.18. The largest absolute Gasteiger partial charge is 0.375 e. The Morgan fingerprint density at radius 1 is 1.10 bits per heavy atom. The van der Waals surface area contributed by atoms with E-state index in [0.29, 0.717) is 24.2 Å². The zero-order chi connectivity index (χ0) is 14.6. The van der Waals surface area contributed by atoms with E-state index in [4.69, 9.17) is 9.47 Å². The van der Waals surface area contributed by atoms with Crippen molar-refractivity contribution in [3.05, 3.63) is 0 Å². The van der Waals surface area contributed by atoms with Crippen LogP contribution >= 0.6 is 0 Å². The van der Waals surface area contributed by atoms with Crippen LogP contribution in [0, 0.1) is 5.41 Å². The van der Waals surface area contributed by atoms with Crippen molar-refractivity contribution in [2.45, 2.75) is 84.0 Å². The Bertz CT molecular complexity index is 292. The van der Waals surface area contributed by atoms with Crippen LogP contribution in [0.25, 0.3) is 0 Å². The number of nitrogens with one attached hydrogen (secondary N) is 1. The molecule has 0 aromatic rings. The molecule has 2 rings (SSSR count). The lowest BCUT2D eigenvalue weighted by Crippen LogP contribution is -2.64. The van der Waals surface area contributed by atoms with Gasteiger partial charge in [-0.05, 0) is 46.6 Å². The molecule has 3 heteroatoms. The Labute approximate surface area is 124 Å². The second-order valence-electron chi connectivity index (χ2n) is 7.46. The molecule has 0 saturated heterocycles. The lowest BCUT2D eigenvalue weighted by Gasteiger charge is -2.58. The molecule has 0 amide bonds. The van der Waals surface area contributed by atoms with Crippen molar-refractivity contribution in [2.24, 2.45) is 5.41 Å². The summed E-state index contributed by atoms with van der Waals surface area (Å²) in [6.07, 6.45) is 8.48. The van der Waals surface area contributed by atoms with E-state index in [1.807, 2.05) is 0 Å². The first-order chi connectivity index (χ1) is 9.48. The third-order valence-electron chi connectivity index (χ3n) is 4.96. The van der Waals surface area contributed by atoms with E-state index in [1.54, 1.807) is 0 Å². The quantitative estimate of drug-likeness (QED) is 0.757. The van der Waals surface area contributed by atoms with E-state index in [0.717, 1.165) is 13.2 Å². The molecule has 1 N–H and O–H groups in total. The molecule has 0 aromatic heterocycles. The van der Waals surface area contributed by atoms with E-state index in [9.17, 15) is 0 Å². The van der Waals surface area contributed by atoms with Crippen LogP contribution < -0.4 is 5.32 Å². The minimum Gasteiger partial charge on any atom is -0.375 e. The fraction of sp³-hybridized carbons (Fsp3) is 1.00. The molecular weight excluding hydrogens is 250 g/mol. The summed E-state index contributed by atoms with van der Waals surface area (Å²) < 4.78 is 11.9. The molecule has 118 valence electrons. The van der Waals surface area contributed by atoms with Crippen molar-refractivity contribution in [1.82, 2.24) is 5.32 Å². The number of ether oxygens (including phenoxy) is 2. The Morgan fingerprint density at radius 2 is 1.80 bits per heavy atom. The van der Waals surface area contributed by atoms with Crippen molar-refractivity contribution < 1.29 is 9.47 Å². The predicted octanol–water partition coefficient (Wildman–Crippen LogP) is 3.52. The number of hydrogen-bond donors (Lipinski definition) is 1. The van der Waals surface area contributed by atoms with Gasteiger partial charge in [0.05, 0.1) is 24.9 Å². The maximum Gasteiger partial charge on any atom is 0.0707 e. The lowest BCUT2D eigenvalue weighted by molar-refractivity contribution is -0.164. The highest BCUT2D eigenvalue weighted by Gasteiger charge is 2.55. The van der Waals surface area contributed by atoms with Gasteiger partial charge in [-0.25, -0.2) is 0 Å². The summed E-state index contributed by atoms with van der Waals surface area (Å²) in [6, 6.07) is 0.682. The van der Waals surface area contributed by atoms with E-state index >= 15 is 0 Å². The Kier molecular flexibility index (Phi) is 5.49. The molecule has 2 aliphatic carbocycles. The van der Waals surface area contributed by atoms with E-state index in [1.165, 1.54) is 38.5 Å². The molecule has 0 bridgehead atoms. The fourth-order valence-corrected chi connectivity index (χ4v) is 3.93. The smallest absolute Gasteiger partial charge is 0.0707 e. The standard InChI is InChI=1S/C17H33NO2/c1-5-18-14-13-15(17(14)9-7-6-8-10-17)19-11-12-20-16(2,3)4/h14-15,18H,5-13H2,1-4H3.